The zero-order chi connectivity index (χ0) is 24.9. The molecule has 0 aliphatic rings. The van der Waals surface area contributed by atoms with Crippen molar-refractivity contribution in [3.8, 4) is 5.75 Å². The number of rotatable bonds is 15. The fraction of sp³-hybridized carbons (Fsp3) is 0.444. The van der Waals surface area contributed by atoms with Crippen LogP contribution >= 0.6 is 0 Å². The first-order valence-corrected chi connectivity index (χ1v) is 11.9. The summed E-state index contributed by atoms with van der Waals surface area (Å²) in [6, 6.07) is 15.8. The average Bonchev–Trinajstić information content (AvgIpc) is 2.81. The largest absolute Gasteiger partial charge is 0.481 e. The maximum Gasteiger partial charge on any atom is 0.328 e. The number of carboxylic acids is 2. The number of ether oxygens (including phenoxy) is 1. The third kappa shape index (κ3) is 9.35. The van der Waals surface area contributed by atoms with Crippen LogP contribution in [0, 0.1) is 11.8 Å². The minimum absolute atomic E-state index is 0.0439. The van der Waals surface area contributed by atoms with Crippen molar-refractivity contribution in [3.05, 3.63) is 65.7 Å². The highest BCUT2D eigenvalue weighted by atomic mass is 16.5. The quantitative estimate of drug-likeness (QED) is 0.259. The van der Waals surface area contributed by atoms with E-state index in [4.69, 9.17) is 10.5 Å². The van der Waals surface area contributed by atoms with Crippen LogP contribution in [0.5, 0.6) is 5.75 Å². The second-order valence-corrected chi connectivity index (χ2v) is 8.68. The molecule has 0 aromatic heterocycles. The lowest BCUT2D eigenvalue weighted by molar-refractivity contribution is -0.146. The summed E-state index contributed by atoms with van der Waals surface area (Å²) < 4.78 is 5.21. The van der Waals surface area contributed by atoms with Gasteiger partial charge in [0.15, 0.2) is 0 Å². The lowest BCUT2D eigenvalue weighted by atomic mass is 9.86. The van der Waals surface area contributed by atoms with Crippen LogP contribution in [0.4, 0.5) is 0 Å². The second-order valence-electron chi connectivity index (χ2n) is 8.68. The van der Waals surface area contributed by atoms with E-state index in [2.05, 4.69) is 19.1 Å². The van der Waals surface area contributed by atoms with Crippen molar-refractivity contribution in [2.75, 3.05) is 0 Å². The maximum absolute atomic E-state index is 12.1. The standard InChI is InChI=1S/C27H35NO6/c1-2-7-19-12-14-20(15-13-19)16-17-22(26(31)32)18-21(25(29)30)8-6-11-24(28)27(33)34-23-9-4-3-5-10-23/h3-5,9-10,12-15,21-22,24H,2,6-8,11,16-18,28H2,1H3,(H,29,30)(H,31,32)/t21?,22-,24?/m1/s1. The summed E-state index contributed by atoms with van der Waals surface area (Å²) in [6.07, 6.45) is 3.95. The van der Waals surface area contributed by atoms with E-state index in [9.17, 15) is 24.6 Å². The lowest BCUT2D eigenvalue weighted by Crippen LogP contribution is -2.34. The molecule has 2 unspecified atom stereocenters. The highest BCUT2D eigenvalue weighted by Gasteiger charge is 2.27. The van der Waals surface area contributed by atoms with Gasteiger partial charge in [0.2, 0.25) is 0 Å². The first kappa shape index (κ1) is 27.1. The Bertz CT molecular complexity index is 912. The van der Waals surface area contributed by atoms with Crippen LogP contribution in [0.25, 0.3) is 0 Å². The number of carbonyl (C=O) groups is 3. The van der Waals surface area contributed by atoms with Crippen molar-refractivity contribution in [2.24, 2.45) is 17.6 Å². The summed E-state index contributed by atoms with van der Waals surface area (Å²) in [7, 11) is 0. The Morgan fingerprint density at radius 3 is 1.94 bits per heavy atom. The number of nitrogens with two attached hydrogens (primary N) is 1. The number of aryl methyl sites for hydroxylation is 2. The number of hydrogen-bond acceptors (Lipinski definition) is 5. The van der Waals surface area contributed by atoms with Gasteiger partial charge in [-0.2, -0.15) is 0 Å². The number of esters is 1. The summed E-state index contributed by atoms with van der Waals surface area (Å²) >= 11 is 0. The number of para-hydroxylation sites is 1. The molecule has 0 saturated carbocycles. The van der Waals surface area contributed by atoms with E-state index in [1.165, 1.54) is 5.56 Å². The monoisotopic (exact) mass is 469 g/mol. The Morgan fingerprint density at radius 1 is 0.824 bits per heavy atom. The van der Waals surface area contributed by atoms with Gasteiger partial charge in [0.25, 0.3) is 0 Å². The van der Waals surface area contributed by atoms with Gasteiger partial charge >= 0.3 is 17.9 Å². The number of aliphatic carboxylic acids is 2. The van der Waals surface area contributed by atoms with E-state index in [-0.39, 0.29) is 19.3 Å². The van der Waals surface area contributed by atoms with Gasteiger partial charge in [-0.05, 0) is 61.8 Å². The van der Waals surface area contributed by atoms with E-state index in [0.29, 0.717) is 25.0 Å². The van der Waals surface area contributed by atoms with Gasteiger partial charge in [0.05, 0.1) is 11.8 Å². The predicted molar refractivity (Wildman–Crippen MR) is 130 cm³/mol. The molecule has 0 saturated heterocycles. The Balaban J connectivity index is 1.84. The molecule has 34 heavy (non-hydrogen) atoms. The first-order valence-electron chi connectivity index (χ1n) is 11.9. The summed E-state index contributed by atoms with van der Waals surface area (Å²) in [5, 5.41) is 19.3. The van der Waals surface area contributed by atoms with Gasteiger partial charge in [-0.3, -0.25) is 9.59 Å². The van der Waals surface area contributed by atoms with E-state index in [1.54, 1.807) is 30.3 Å². The molecule has 7 heteroatoms. The molecule has 0 aliphatic heterocycles. The number of carbonyl (C=O) groups excluding carboxylic acids is 1. The van der Waals surface area contributed by atoms with Gasteiger partial charge in [0, 0.05) is 0 Å². The molecule has 184 valence electrons. The highest BCUT2D eigenvalue weighted by molar-refractivity contribution is 5.78. The number of benzene rings is 2. The average molecular weight is 470 g/mol. The molecule has 0 heterocycles. The van der Waals surface area contributed by atoms with Crippen LogP contribution < -0.4 is 10.5 Å². The van der Waals surface area contributed by atoms with Crippen LogP contribution in [0.2, 0.25) is 0 Å². The molecule has 2 aromatic rings. The molecule has 2 aromatic carbocycles. The van der Waals surface area contributed by atoms with Crippen molar-refractivity contribution in [3.63, 3.8) is 0 Å². The van der Waals surface area contributed by atoms with Crippen LogP contribution in [-0.2, 0) is 27.2 Å². The van der Waals surface area contributed by atoms with Gasteiger partial charge in [-0.1, -0.05) is 62.2 Å². The van der Waals surface area contributed by atoms with Crippen molar-refractivity contribution >= 4 is 17.9 Å². The number of hydrogen-bond donors (Lipinski definition) is 3. The van der Waals surface area contributed by atoms with Crippen molar-refractivity contribution in [1.29, 1.82) is 0 Å². The SMILES string of the molecule is CCCc1ccc(CC[C@H](CC(CCCC(N)C(=O)Oc2ccccc2)C(=O)O)C(=O)O)cc1. The molecule has 4 N–H and O–H groups in total. The van der Waals surface area contributed by atoms with Crippen molar-refractivity contribution in [1.82, 2.24) is 0 Å². The minimum atomic E-state index is -1.03. The van der Waals surface area contributed by atoms with Gasteiger partial charge in [-0.15, -0.1) is 0 Å². The molecule has 2 rings (SSSR count). The van der Waals surface area contributed by atoms with Crippen LogP contribution in [-0.4, -0.2) is 34.2 Å². The Labute approximate surface area is 200 Å². The summed E-state index contributed by atoms with van der Waals surface area (Å²) in [5.74, 6) is -3.77. The van der Waals surface area contributed by atoms with E-state index >= 15 is 0 Å². The minimum Gasteiger partial charge on any atom is -0.481 e. The van der Waals surface area contributed by atoms with Crippen molar-refractivity contribution in [2.45, 2.75) is 64.3 Å². The lowest BCUT2D eigenvalue weighted by Gasteiger charge is -2.19. The third-order valence-electron chi connectivity index (χ3n) is 5.94. The molecular formula is C27H35NO6. The zero-order valence-electron chi connectivity index (χ0n) is 19.7. The van der Waals surface area contributed by atoms with Crippen LogP contribution in [0.1, 0.15) is 56.6 Å². The molecule has 0 radical (unpaired) electrons. The first-order chi connectivity index (χ1) is 16.3. The number of carboxylic acid groups (broad SMARTS) is 2. The Morgan fingerprint density at radius 2 is 1.38 bits per heavy atom. The Kier molecular flexibility index (Phi) is 11.3. The van der Waals surface area contributed by atoms with Gasteiger partial charge < -0.3 is 20.7 Å². The van der Waals surface area contributed by atoms with Crippen LogP contribution in [0.15, 0.2) is 54.6 Å². The molecule has 0 spiro atoms. The molecule has 0 fully saturated rings. The molecular weight excluding hydrogens is 434 g/mol. The summed E-state index contributed by atoms with van der Waals surface area (Å²) in [6.45, 7) is 2.12. The maximum atomic E-state index is 12.1. The molecule has 7 nitrogen and oxygen atoms in total. The van der Waals surface area contributed by atoms with Crippen LogP contribution in [0.3, 0.4) is 0 Å². The summed E-state index contributed by atoms with van der Waals surface area (Å²) in [4.78, 5) is 35.7. The third-order valence-corrected chi connectivity index (χ3v) is 5.94. The second kappa shape index (κ2) is 14.2. The molecule has 0 amide bonds. The predicted octanol–water partition coefficient (Wildman–Crippen LogP) is 4.47. The van der Waals surface area contributed by atoms with E-state index in [0.717, 1.165) is 18.4 Å². The Hall–Kier alpha value is -3.19. The highest BCUT2D eigenvalue weighted by Crippen LogP contribution is 2.24. The van der Waals surface area contributed by atoms with E-state index < -0.39 is 35.8 Å². The molecule has 0 aliphatic carbocycles. The fourth-order valence-electron chi connectivity index (χ4n) is 3.91. The van der Waals surface area contributed by atoms with Gasteiger partial charge in [-0.25, -0.2) is 4.79 Å². The van der Waals surface area contributed by atoms with E-state index in [1.807, 2.05) is 12.1 Å². The smallest absolute Gasteiger partial charge is 0.328 e. The zero-order valence-corrected chi connectivity index (χ0v) is 19.7. The summed E-state index contributed by atoms with van der Waals surface area (Å²) in [5.41, 5.74) is 8.19. The normalized spacial score (nSPS) is 13.6. The molecule has 3 atom stereocenters. The van der Waals surface area contributed by atoms with Gasteiger partial charge in [0.1, 0.15) is 11.8 Å². The molecule has 0 bridgehead atoms. The van der Waals surface area contributed by atoms with Crippen molar-refractivity contribution < 1.29 is 29.3 Å². The topological polar surface area (TPSA) is 127 Å². The fourth-order valence-corrected chi connectivity index (χ4v) is 3.91.